The molecule has 6 rings (SSSR count). The number of alkyl halides is 3. The molecular formula is C33H33F4N5O3. The minimum atomic E-state index is -4.86. The van der Waals surface area contributed by atoms with E-state index in [9.17, 15) is 22.8 Å². The van der Waals surface area contributed by atoms with Gasteiger partial charge in [-0.1, -0.05) is 42.5 Å². The first kappa shape index (κ1) is 30.9. The van der Waals surface area contributed by atoms with Gasteiger partial charge in [-0.3, -0.25) is 23.8 Å². The number of piperidine rings is 1. The van der Waals surface area contributed by atoms with Crippen LogP contribution in [0.3, 0.4) is 0 Å². The number of nitrogens with two attached hydrogens (primary N) is 1. The first-order valence-corrected chi connectivity index (χ1v) is 14.8. The number of likely N-dealkylation sites (tertiary alicyclic amines) is 1. The Morgan fingerprint density at radius 3 is 2.42 bits per heavy atom. The summed E-state index contributed by atoms with van der Waals surface area (Å²) >= 11 is 0. The van der Waals surface area contributed by atoms with E-state index in [4.69, 9.17) is 10.5 Å². The van der Waals surface area contributed by atoms with E-state index in [1.54, 1.807) is 36.5 Å². The van der Waals surface area contributed by atoms with Crippen LogP contribution in [-0.4, -0.2) is 32.1 Å². The van der Waals surface area contributed by atoms with Gasteiger partial charge in [0.05, 0.1) is 36.5 Å². The molecule has 1 spiro atoms. The quantitative estimate of drug-likeness (QED) is 0.302. The fourth-order valence-corrected chi connectivity index (χ4v) is 6.53. The molecule has 0 radical (unpaired) electrons. The van der Waals surface area contributed by atoms with Crippen molar-refractivity contribution in [2.45, 2.75) is 63.8 Å². The van der Waals surface area contributed by atoms with Crippen LogP contribution in [0.4, 0.5) is 17.6 Å². The van der Waals surface area contributed by atoms with Crippen LogP contribution in [0.1, 0.15) is 58.0 Å². The number of pyridine rings is 1. The van der Waals surface area contributed by atoms with E-state index in [1.165, 1.54) is 0 Å². The van der Waals surface area contributed by atoms with Crippen LogP contribution >= 0.6 is 0 Å². The van der Waals surface area contributed by atoms with Gasteiger partial charge in [-0.15, -0.1) is 0 Å². The van der Waals surface area contributed by atoms with Gasteiger partial charge in [0.25, 0.3) is 5.56 Å². The van der Waals surface area contributed by atoms with Crippen molar-refractivity contribution in [2.24, 2.45) is 5.73 Å². The molecule has 2 aromatic heterocycles. The molecule has 1 unspecified atom stereocenters. The number of ether oxygens (including phenoxy) is 1. The normalized spacial score (nSPS) is 17.0. The summed E-state index contributed by atoms with van der Waals surface area (Å²) in [6, 6.07) is 12.9. The molecule has 0 aliphatic carbocycles. The van der Waals surface area contributed by atoms with Gasteiger partial charge < -0.3 is 10.5 Å². The van der Waals surface area contributed by atoms with Gasteiger partial charge in [-0.25, -0.2) is 9.18 Å². The average molecular weight is 624 g/mol. The van der Waals surface area contributed by atoms with E-state index in [0.717, 1.165) is 38.5 Å². The largest absolute Gasteiger partial charge is 0.416 e. The second-order valence-electron chi connectivity index (χ2n) is 11.8. The van der Waals surface area contributed by atoms with Crippen molar-refractivity contribution in [1.29, 1.82) is 0 Å². The van der Waals surface area contributed by atoms with E-state index >= 15 is 4.39 Å². The van der Waals surface area contributed by atoms with Gasteiger partial charge in [0.15, 0.2) is 0 Å². The summed E-state index contributed by atoms with van der Waals surface area (Å²) in [5.74, 6) is -1.10. The number of hydrogen-bond donors (Lipinski definition) is 1. The lowest BCUT2D eigenvalue weighted by Gasteiger charge is -2.39. The summed E-state index contributed by atoms with van der Waals surface area (Å²) < 4.78 is 65.2. The second-order valence-corrected chi connectivity index (χ2v) is 11.8. The molecular weight excluding hydrogens is 590 g/mol. The van der Waals surface area contributed by atoms with E-state index in [2.05, 4.69) is 16.0 Å². The van der Waals surface area contributed by atoms with Gasteiger partial charge in [0.2, 0.25) is 0 Å². The molecule has 45 heavy (non-hydrogen) atoms. The molecule has 8 nitrogen and oxygen atoms in total. The van der Waals surface area contributed by atoms with Crippen molar-refractivity contribution in [2.75, 3.05) is 13.1 Å². The van der Waals surface area contributed by atoms with Crippen LogP contribution in [-0.2, 0) is 42.8 Å². The number of nitrogens with zero attached hydrogens (tertiary/aromatic N) is 4. The molecule has 2 aliphatic rings. The molecule has 236 valence electrons. The molecule has 0 saturated carbocycles. The van der Waals surface area contributed by atoms with Crippen molar-refractivity contribution >= 4 is 0 Å². The van der Waals surface area contributed by atoms with E-state index < -0.39 is 52.6 Å². The van der Waals surface area contributed by atoms with Crippen LogP contribution in [0, 0.1) is 12.7 Å². The average Bonchev–Trinajstić information content (AvgIpc) is 3.37. The maximum atomic E-state index is 15.0. The molecule has 1 atom stereocenters. The number of rotatable bonds is 7. The highest BCUT2D eigenvalue weighted by Crippen LogP contribution is 2.43. The van der Waals surface area contributed by atoms with Gasteiger partial charge >= 0.3 is 11.9 Å². The lowest BCUT2D eigenvalue weighted by Crippen LogP contribution is -2.49. The Kier molecular flexibility index (Phi) is 8.23. The minimum Gasteiger partial charge on any atom is -0.364 e. The summed E-state index contributed by atoms with van der Waals surface area (Å²) in [4.78, 5) is 34.6. The van der Waals surface area contributed by atoms with Crippen LogP contribution < -0.4 is 17.0 Å². The van der Waals surface area contributed by atoms with E-state index in [-0.39, 0.29) is 24.4 Å². The zero-order chi connectivity index (χ0) is 31.9. The molecule has 12 heteroatoms. The van der Waals surface area contributed by atoms with Gasteiger partial charge in [0.1, 0.15) is 11.4 Å². The zero-order valence-electron chi connectivity index (χ0n) is 24.7. The monoisotopic (exact) mass is 623 g/mol. The highest BCUT2D eigenvalue weighted by molar-refractivity contribution is 5.35. The third-order valence-corrected chi connectivity index (χ3v) is 8.83. The van der Waals surface area contributed by atoms with Gasteiger partial charge in [-0.05, 0) is 48.6 Å². The smallest absolute Gasteiger partial charge is 0.364 e. The topological polar surface area (TPSA) is 95.4 Å². The highest BCUT2D eigenvalue weighted by atomic mass is 19.4. The first-order chi connectivity index (χ1) is 21.5. The molecule has 0 amide bonds. The molecule has 0 bridgehead atoms. The van der Waals surface area contributed by atoms with Crippen molar-refractivity contribution in [3.8, 4) is 0 Å². The van der Waals surface area contributed by atoms with Crippen LogP contribution in [0.5, 0.6) is 0 Å². The first-order valence-electron chi connectivity index (χ1n) is 14.8. The number of aromatic nitrogens is 3. The summed E-state index contributed by atoms with van der Waals surface area (Å²) in [5, 5.41) is 0. The molecule has 4 aromatic rings. The summed E-state index contributed by atoms with van der Waals surface area (Å²) in [6.45, 7) is 2.65. The molecule has 2 N–H and O–H groups in total. The molecule has 2 aliphatic heterocycles. The van der Waals surface area contributed by atoms with Crippen LogP contribution in [0.2, 0.25) is 0 Å². The Bertz CT molecular complexity index is 1830. The van der Waals surface area contributed by atoms with Gasteiger partial charge in [-0.2, -0.15) is 13.2 Å². The summed E-state index contributed by atoms with van der Waals surface area (Å²) in [7, 11) is 0. The Morgan fingerprint density at radius 2 is 1.73 bits per heavy atom. The van der Waals surface area contributed by atoms with E-state index in [1.807, 2.05) is 13.1 Å². The lowest BCUT2D eigenvalue weighted by molar-refractivity contribution is -0.138. The third-order valence-electron chi connectivity index (χ3n) is 8.83. The SMILES string of the molecule is Cc1cncc(CN2CCC3(CC2)OCc2c3c(=O)n(CC(N)c3ccccc3)c(=O)n2Cc2c(F)cccc2C(F)(F)F)c1. The number of benzene rings is 2. The van der Waals surface area contributed by atoms with Crippen molar-refractivity contribution in [3.63, 3.8) is 0 Å². The van der Waals surface area contributed by atoms with Crippen LogP contribution in [0.25, 0.3) is 0 Å². The number of aryl methyl sites for hydroxylation is 1. The standard InChI is InChI=1S/C33H33F4N5O3/c1-21-14-22(16-39-15-21)17-40-12-10-32(11-13-40)29-28(20-45-32)41(18-24-25(33(35,36)37)8-5-9-26(24)34)31(44)42(30(29)43)19-27(38)23-6-3-2-4-7-23/h2-9,14-16,27H,10-13,17-20,38H2,1H3. The molecule has 4 heterocycles. The maximum Gasteiger partial charge on any atom is 0.416 e. The Balaban J connectivity index is 1.42. The molecule has 1 saturated heterocycles. The van der Waals surface area contributed by atoms with Crippen molar-refractivity contribution in [1.82, 2.24) is 19.0 Å². The zero-order valence-corrected chi connectivity index (χ0v) is 24.7. The lowest BCUT2D eigenvalue weighted by atomic mass is 9.85. The highest BCUT2D eigenvalue weighted by Gasteiger charge is 2.47. The number of fused-ring (bicyclic) bond motifs is 2. The third kappa shape index (κ3) is 5.97. The van der Waals surface area contributed by atoms with E-state index in [0.29, 0.717) is 38.0 Å². The summed E-state index contributed by atoms with van der Waals surface area (Å²) in [5.41, 5.74) is 5.22. The molecule has 1 fully saturated rings. The molecule has 2 aromatic carbocycles. The summed E-state index contributed by atoms with van der Waals surface area (Å²) in [6.07, 6.45) is -0.420. The fraction of sp³-hybridized carbons (Fsp3) is 0.364. The maximum absolute atomic E-state index is 15.0. The Morgan fingerprint density at radius 1 is 1.00 bits per heavy atom. The van der Waals surface area contributed by atoms with Crippen molar-refractivity contribution in [3.05, 3.63) is 133 Å². The Hall–Kier alpha value is -4.13. The predicted octanol–water partition coefficient (Wildman–Crippen LogP) is 4.64. The number of hydrogen-bond acceptors (Lipinski definition) is 6. The van der Waals surface area contributed by atoms with Gasteiger partial charge in [0, 0.05) is 43.6 Å². The van der Waals surface area contributed by atoms with Crippen molar-refractivity contribution < 1.29 is 22.3 Å². The fourth-order valence-electron chi connectivity index (χ4n) is 6.53. The minimum absolute atomic E-state index is 0.164. The number of halogens is 4. The predicted molar refractivity (Wildman–Crippen MR) is 159 cm³/mol. The van der Waals surface area contributed by atoms with Crippen LogP contribution in [0.15, 0.2) is 76.6 Å². The second kappa shape index (κ2) is 12.0. The Labute approximate surface area is 256 Å².